The first kappa shape index (κ1) is 13.2. The van der Waals surface area contributed by atoms with E-state index in [1.165, 1.54) is 38.5 Å². The Balaban J connectivity index is 2.38. The molecule has 1 saturated carbocycles. The van der Waals surface area contributed by atoms with E-state index in [0.717, 1.165) is 17.8 Å². The Morgan fingerprint density at radius 3 is 2.60 bits per heavy atom. The molecule has 0 heterocycles. The van der Waals surface area contributed by atoms with Gasteiger partial charge in [-0.1, -0.05) is 26.3 Å². The second-order valence-electron chi connectivity index (χ2n) is 5.08. The van der Waals surface area contributed by atoms with Crippen LogP contribution in [0.5, 0.6) is 0 Å². The second kappa shape index (κ2) is 6.62. The van der Waals surface area contributed by atoms with Crippen LogP contribution in [0.3, 0.4) is 0 Å². The summed E-state index contributed by atoms with van der Waals surface area (Å²) >= 11 is 4.84. The first-order valence-electron chi connectivity index (χ1n) is 6.49. The molecule has 0 spiro atoms. The molecule has 1 heteroatoms. The molecule has 0 bridgehead atoms. The highest BCUT2D eigenvalue weighted by Crippen LogP contribution is 2.40. The van der Waals surface area contributed by atoms with Crippen LogP contribution in [-0.2, 0) is 0 Å². The Hall–Kier alpha value is 0.0900. The third-order valence-electron chi connectivity index (χ3n) is 4.18. The quantitative estimate of drug-likeness (QED) is 0.392. The molecule has 1 fully saturated rings. The maximum Gasteiger partial charge on any atom is 0.00733 e. The summed E-state index contributed by atoms with van der Waals surface area (Å²) in [6, 6.07) is 0. The molecule has 0 aliphatic heterocycles. The highest BCUT2D eigenvalue weighted by atomic mass is 32.1. The molecule has 0 N–H and O–H groups in total. The van der Waals surface area contributed by atoms with Crippen molar-refractivity contribution in [2.45, 2.75) is 57.6 Å². The van der Waals surface area contributed by atoms with Gasteiger partial charge in [0, 0.05) is 5.25 Å². The Morgan fingerprint density at radius 1 is 1.33 bits per heavy atom. The lowest BCUT2D eigenvalue weighted by Gasteiger charge is -2.39. The molecule has 0 radical (unpaired) electrons. The molecule has 1 aliphatic carbocycles. The van der Waals surface area contributed by atoms with E-state index < -0.39 is 0 Å². The summed E-state index contributed by atoms with van der Waals surface area (Å²) < 4.78 is 0. The minimum Gasteiger partial charge on any atom is -0.175 e. The third-order valence-corrected chi connectivity index (χ3v) is 5.07. The number of unbranched alkanes of at least 4 members (excludes halogenated alkanes) is 1. The maximum absolute atomic E-state index is 4.84. The highest BCUT2D eigenvalue weighted by Gasteiger charge is 2.33. The van der Waals surface area contributed by atoms with Crippen molar-refractivity contribution in [2.24, 2.45) is 17.8 Å². The minimum absolute atomic E-state index is 0.633. The summed E-state index contributed by atoms with van der Waals surface area (Å²) in [7, 11) is 0. The smallest absolute Gasteiger partial charge is 0.00733 e. The van der Waals surface area contributed by atoms with E-state index in [-0.39, 0.29) is 0 Å². The van der Waals surface area contributed by atoms with E-state index in [4.69, 9.17) is 12.6 Å². The molecule has 0 aromatic heterocycles. The van der Waals surface area contributed by atoms with Crippen molar-refractivity contribution in [3.8, 4) is 0 Å². The zero-order valence-corrected chi connectivity index (χ0v) is 11.2. The van der Waals surface area contributed by atoms with Crippen molar-refractivity contribution < 1.29 is 0 Å². The lowest BCUT2D eigenvalue weighted by molar-refractivity contribution is 0.192. The van der Waals surface area contributed by atoms with Crippen LogP contribution < -0.4 is 0 Å². The zero-order chi connectivity index (χ0) is 11.3. The summed E-state index contributed by atoms with van der Waals surface area (Å²) in [6.07, 6.45) is 10.0. The molecule has 0 aromatic carbocycles. The Morgan fingerprint density at radius 2 is 2.00 bits per heavy atom. The van der Waals surface area contributed by atoms with E-state index in [1.807, 2.05) is 6.08 Å². The van der Waals surface area contributed by atoms with E-state index in [0.29, 0.717) is 5.25 Å². The number of thiol groups is 1. The molecular weight excluding hydrogens is 200 g/mol. The van der Waals surface area contributed by atoms with Gasteiger partial charge in [-0.25, -0.2) is 0 Å². The van der Waals surface area contributed by atoms with Gasteiger partial charge >= 0.3 is 0 Å². The standard InChI is InChI=1S/C14H26S/c1-4-6-7-8-13-10-9-12(5-2)11(3)14(13)15/h4,11-15H,1,5-10H2,2-3H3. The number of hydrogen-bond donors (Lipinski definition) is 1. The Bertz CT molecular complexity index is 188. The van der Waals surface area contributed by atoms with Crippen LogP contribution in [0.2, 0.25) is 0 Å². The van der Waals surface area contributed by atoms with Crippen molar-refractivity contribution in [3.05, 3.63) is 12.7 Å². The Labute approximate surface area is 101 Å². The van der Waals surface area contributed by atoms with Gasteiger partial charge in [-0.3, -0.25) is 0 Å². The Kier molecular flexibility index (Phi) is 5.81. The fourth-order valence-corrected chi connectivity index (χ4v) is 3.53. The van der Waals surface area contributed by atoms with Crippen LogP contribution in [0.25, 0.3) is 0 Å². The third kappa shape index (κ3) is 3.55. The zero-order valence-electron chi connectivity index (χ0n) is 10.3. The predicted octanol–water partition coefficient (Wildman–Crippen LogP) is 4.71. The van der Waals surface area contributed by atoms with Gasteiger partial charge < -0.3 is 0 Å². The van der Waals surface area contributed by atoms with Gasteiger partial charge in [-0.2, -0.15) is 12.6 Å². The topological polar surface area (TPSA) is 0 Å². The van der Waals surface area contributed by atoms with Crippen molar-refractivity contribution in [1.29, 1.82) is 0 Å². The van der Waals surface area contributed by atoms with E-state index in [2.05, 4.69) is 20.4 Å². The highest BCUT2D eigenvalue weighted by molar-refractivity contribution is 7.81. The minimum atomic E-state index is 0.633. The summed E-state index contributed by atoms with van der Waals surface area (Å²) in [5, 5.41) is 0.633. The van der Waals surface area contributed by atoms with Crippen LogP contribution in [0.4, 0.5) is 0 Å². The van der Waals surface area contributed by atoms with Crippen LogP contribution in [-0.4, -0.2) is 5.25 Å². The molecule has 4 unspecified atom stereocenters. The van der Waals surface area contributed by atoms with Crippen molar-refractivity contribution in [1.82, 2.24) is 0 Å². The molecule has 1 rings (SSSR count). The first-order chi connectivity index (χ1) is 7.20. The molecule has 0 nitrogen and oxygen atoms in total. The maximum atomic E-state index is 4.84. The molecular formula is C14H26S. The monoisotopic (exact) mass is 226 g/mol. The SMILES string of the molecule is C=CCCCC1CCC(CC)C(C)C1S. The molecule has 0 saturated heterocycles. The van der Waals surface area contributed by atoms with Crippen LogP contribution >= 0.6 is 12.6 Å². The number of allylic oxidation sites excluding steroid dienone is 1. The summed E-state index contributed by atoms with van der Waals surface area (Å²) in [5.41, 5.74) is 0. The van der Waals surface area contributed by atoms with E-state index >= 15 is 0 Å². The number of hydrogen-bond acceptors (Lipinski definition) is 1. The van der Waals surface area contributed by atoms with Gasteiger partial charge in [-0.05, 0) is 49.9 Å². The van der Waals surface area contributed by atoms with Gasteiger partial charge in [0.2, 0.25) is 0 Å². The van der Waals surface area contributed by atoms with Crippen molar-refractivity contribution in [2.75, 3.05) is 0 Å². The van der Waals surface area contributed by atoms with Crippen molar-refractivity contribution >= 4 is 12.6 Å². The lowest BCUT2D eigenvalue weighted by atomic mass is 9.72. The second-order valence-corrected chi connectivity index (χ2v) is 5.67. The molecule has 0 amide bonds. The van der Waals surface area contributed by atoms with E-state index in [9.17, 15) is 0 Å². The van der Waals surface area contributed by atoms with Gasteiger partial charge in [-0.15, -0.1) is 6.58 Å². The normalized spacial score (nSPS) is 36.5. The predicted molar refractivity (Wildman–Crippen MR) is 72.5 cm³/mol. The number of rotatable bonds is 5. The molecule has 4 atom stereocenters. The average molecular weight is 226 g/mol. The first-order valence-corrected chi connectivity index (χ1v) is 7.01. The van der Waals surface area contributed by atoms with Crippen LogP contribution in [0.15, 0.2) is 12.7 Å². The molecule has 1 aliphatic rings. The fraction of sp³-hybridized carbons (Fsp3) is 0.857. The van der Waals surface area contributed by atoms with Crippen LogP contribution in [0, 0.1) is 17.8 Å². The van der Waals surface area contributed by atoms with Gasteiger partial charge in [0.05, 0.1) is 0 Å². The largest absolute Gasteiger partial charge is 0.175 e. The van der Waals surface area contributed by atoms with Gasteiger partial charge in [0.15, 0.2) is 0 Å². The summed E-state index contributed by atoms with van der Waals surface area (Å²) in [5.74, 6) is 2.58. The average Bonchev–Trinajstić information content (AvgIpc) is 2.25. The molecule has 88 valence electrons. The van der Waals surface area contributed by atoms with E-state index in [1.54, 1.807) is 0 Å². The molecule has 0 aromatic rings. The van der Waals surface area contributed by atoms with Gasteiger partial charge in [0.1, 0.15) is 0 Å². The summed E-state index contributed by atoms with van der Waals surface area (Å²) in [4.78, 5) is 0. The summed E-state index contributed by atoms with van der Waals surface area (Å²) in [6.45, 7) is 8.50. The van der Waals surface area contributed by atoms with Gasteiger partial charge in [0.25, 0.3) is 0 Å². The van der Waals surface area contributed by atoms with Crippen molar-refractivity contribution in [3.63, 3.8) is 0 Å². The molecule has 15 heavy (non-hydrogen) atoms. The van der Waals surface area contributed by atoms with Crippen LogP contribution in [0.1, 0.15) is 52.4 Å². The lowest BCUT2D eigenvalue weighted by Crippen LogP contribution is -2.33. The fourth-order valence-electron chi connectivity index (χ4n) is 2.99.